The molecule has 60 heavy (non-hydrogen) atoms. The number of aliphatic imine (C=N–C) groups is 1. The number of unbranched alkanes of at least 4 members (excludes halogenated alkanes) is 5. The first-order chi connectivity index (χ1) is 28.9. The lowest BCUT2D eigenvalue weighted by Crippen LogP contribution is -2.38. The SMILES string of the molecule is Cc1sc2c(c1C)C(c1ccc(Cl)cc1)=N[C@@H](CC(=O)NCCCCCCCCNC(=O)CCc1cccc3c1n(C)c(=O)n3C1CCCC(=O)NC1=O)c1nnc(C)n1-2. The summed E-state index contributed by atoms with van der Waals surface area (Å²) >= 11 is 7.92. The molecule has 2 aromatic carbocycles. The van der Waals surface area contributed by atoms with Crippen LogP contribution in [-0.4, -0.2) is 66.3 Å². The van der Waals surface area contributed by atoms with Gasteiger partial charge in [-0.2, -0.15) is 0 Å². The third-order valence-corrected chi connectivity index (χ3v) is 13.0. The number of hydrogen-bond donors (Lipinski definition) is 3. The minimum Gasteiger partial charge on any atom is -0.356 e. The van der Waals surface area contributed by atoms with Gasteiger partial charge in [0, 0.05) is 54.0 Å². The molecule has 0 radical (unpaired) electrons. The second-order valence-electron chi connectivity index (χ2n) is 15.7. The highest BCUT2D eigenvalue weighted by atomic mass is 35.5. The van der Waals surface area contributed by atoms with Gasteiger partial charge in [-0.15, -0.1) is 21.5 Å². The molecule has 4 amide bonds. The highest BCUT2D eigenvalue weighted by Crippen LogP contribution is 2.39. The van der Waals surface area contributed by atoms with E-state index >= 15 is 0 Å². The Morgan fingerprint density at radius 2 is 1.62 bits per heavy atom. The summed E-state index contributed by atoms with van der Waals surface area (Å²) in [7, 11) is 1.67. The quantitative estimate of drug-likeness (QED) is 0.0759. The molecule has 16 heteroatoms. The third kappa shape index (κ3) is 9.16. The van der Waals surface area contributed by atoms with Crippen LogP contribution in [0.2, 0.25) is 5.02 Å². The fourth-order valence-electron chi connectivity index (χ4n) is 8.27. The van der Waals surface area contributed by atoms with Crippen molar-refractivity contribution in [1.29, 1.82) is 0 Å². The van der Waals surface area contributed by atoms with Crippen LogP contribution in [0.5, 0.6) is 0 Å². The normalized spacial score (nSPS) is 16.4. The molecule has 14 nitrogen and oxygen atoms in total. The molecule has 0 bridgehead atoms. The molecule has 7 rings (SSSR count). The van der Waals surface area contributed by atoms with Gasteiger partial charge >= 0.3 is 5.69 Å². The molecule has 1 saturated heterocycles. The molecule has 2 atom stereocenters. The maximum Gasteiger partial charge on any atom is 0.329 e. The van der Waals surface area contributed by atoms with Gasteiger partial charge in [0.2, 0.25) is 23.6 Å². The zero-order chi connectivity index (χ0) is 42.5. The van der Waals surface area contributed by atoms with Gasteiger partial charge in [0.15, 0.2) is 5.82 Å². The van der Waals surface area contributed by atoms with Crippen molar-refractivity contribution < 1.29 is 19.2 Å². The zero-order valence-electron chi connectivity index (χ0n) is 34.6. The number of benzene rings is 2. The second-order valence-corrected chi connectivity index (χ2v) is 17.4. The molecular weight excluding hydrogens is 802 g/mol. The summed E-state index contributed by atoms with van der Waals surface area (Å²) in [4.78, 5) is 70.4. The van der Waals surface area contributed by atoms with Gasteiger partial charge in [0.25, 0.3) is 0 Å². The number of nitrogens with zero attached hydrogens (tertiary/aromatic N) is 6. The van der Waals surface area contributed by atoms with Gasteiger partial charge in [-0.1, -0.05) is 61.5 Å². The highest BCUT2D eigenvalue weighted by Gasteiger charge is 2.33. The topological polar surface area (TPSA) is 174 Å². The predicted molar refractivity (Wildman–Crippen MR) is 233 cm³/mol. The summed E-state index contributed by atoms with van der Waals surface area (Å²) in [5, 5.41) is 19.1. The van der Waals surface area contributed by atoms with E-state index in [4.69, 9.17) is 16.6 Å². The number of carbonyl (C=O) groups excluding carboxylic acids is 4. The number of aryl methyl sites for hydroxylation is 4. The number of imidazole rings is 1. The van der Waals surface area contributed by atoms with Crippen molar-refractivity contribution in [3.05, 3.63) is 96.8 Å². The number of hydrogen-bond acceptors (Lipinski definition) is 9. The van der Waals surface area contributed by atoms with E-state index < -0.39 is 18.0 Å². The Kier molecular flexibility index (Phi) is 13.4. The smallest absolute Gasteiger partial charge is 0.329 e. The molecule has 3 N–H and O–H groups in total. The van der Waals surface area contributed by atoms with Crippen molar-refractivity contribution in [1.82, 2.24) is 39.8 Å². The van der Waals surface area contributed by atoms with Gasteiger partial charge in [-0.05, 0) is 82.2 Å². The monoisotopic (exact) mass is 853 g/mol. The second kappa shape index (κ2) is 18.9. The Morgan fingerprint density at radius 3 is 2.35 bits per heavy atom. The molecule has 1 unspecified atom stereocenters. The van der Waals surface area contributed by atoms with Gasteiger partial charge in [0.05, 0.1) is 23.2 Å². The molecule has 0 aliphatic carbocycles. The summed E-state index contributed by atoms with van der Waals surface area (Å²) in [6.07, 6.45) is 7.82. The molecule has 1 fully saturated rings. The number of rotatable bonds is 16. The maximum atomic E-state index is 13.3. The standard InChI is InChI=1S/C44H52ClN9O5S/c1-26-27(2)60-43-38(26)39(29-17-20-31(45)21-18-29)48-32(41-51-50-28(3)53(41)43)25-37(57)47-24-10-8-6-5-7-9-23-46-35(55)22-19-30-13-11-14-33-40(30)52(4)44(59)54(33)34-15-12-16-36(56)49-42(34)58/h11,13-14,17-18,20-21,32,34H,5-10,12,15-16,19,22-25H2,1-4H3,(H,46,55)(H,47,57)(H,49,56,58)/t32-,34?/m0/s1. The molecular formula is C44H52ClN9O5S. The van der Waals surface area contributed by atoms with Crippen molar-refractivity contribution in [2.24, 2.45) is 12.0 Å². The lowest BCUT2D eigenvalue weighted by atomic mass is 9.99. The predicted octanol–water partition coefficient (Wildman–Crippen LogP) is 6.42. The number of nitrogens with one attached hydrogen (secondary N) is 3. The van der Waals surface area contributed by atoms with E-state index in [9.17, 15) is 24.0 Å². The summed E-state index contributed by atoms with van der Waals surface area (Å²) in [6, 6.07) is 11.9. The summed E-state index contributed by atoms with van der Waals surface area (Å²) in [5.74, 6) is 0.488. The summed E-state index contributed by atoms with van der Waals surface area (Å²) < 4.78 is 5.06. The molecule has 316 valence electrons. The third-order valence-electron chi connectivity index (χ3n) is 11.5. The van der Waals surface area contributed by atoms with E-state index in [1.165, 1.54) is 14.0 Å². The largest absolute Gasteiger partial charge is 0.356 e. The average molecular weight is 854 g/mol. The first-order valence-corrected chi connectivity index (χ1v) is 22.0. The first kappa shape index (κ1) is 42.7. The van der Waals surface area contributed by atoms with Crippen LogP contribution in [0, 0.1) is 20.8 Å². The summed E-state index contributed by atoms with van der Waals surface area (Å²) in [5.41, 5.74) is 5.78. The number of fused-ring (bicyclic) bond motifs is 4. The van der Waals surface area contributed by atoms with Crippen LogP contribution >= 0.6 is 22.9 Å². The molecule has 5 aromatic rings. The van der Waals surface area contributed by atoms with Crippen LogP contribution in [0.4, 0.5) is 0 Å². The maximum absolute atomic E-state index is 13.3. The number of para-hydroxylation sites is 1. The van der Waals surface area contributed by atoms with E-state index in [-0.39, 0.29) is 42.7 Å². The number of imide groups is 1. The van der Waals surface area contributed by atoms with Crippen molar-refractivity contribution in [2.75, 3.05) is 13.1 Å². The molecule has 2 aliphatic rings. The lowest BCUT2D eigenvalue weighted by Gasteiger charge is -2.14. The summed E-state index contributed by atoms with van der Waals surface area (Å²) in [6.45, 7) is 7.31. The number of amides is 4. The Bertz CT molecular complexity index is 2510. The van der Waals surface area contributed by atoms with Gasteiger partial charge in [0.1, 0.15) is 22.9 Å². The molecule has 5 heterocycles. The van der Waals surface area contributed by atoms with E-state index in [0.717, 1.165) is 77.3 Å². The molecule has 2 aliphatic heterocycles. The van der Waals surface area contributed by atoms with Crippen molar-refractivity contribution >= 4 is 63.3 Å². The lowest BCUT2D eigenvalue weighted by molar-refractivity contribution is -0.131. The van der Waals surface area contributed by atoms with E-state index in [0.29, 0.717) is 54.2 Å². The van der Waals surface area contributed by atoms with Crippen LogP contribution < -0.4 is 21.6 Å². The Morgan fingerprint density at radius 1 is 0.917 bits per heavy atom. The number of aromatic nitrogens is 5. The van der Waals surface area contributed by atoms with Gasteiger partial charge < -0.3 is 10.6 Å². The average Bonchev–Trinajstić information content (AvgIpc) is 3.75. The minimum atomic E-state index is -0.764. The van der Waals surface area contributed by atoms with Gasteiger partial charge in [-0.25, -0.2) is 4.79 Å². The molecule has 3 aromatic heterocycles. The van der Waals surface area contributed by atoms with Crippen molar-refractivity contribution in [3.8, 4) is 5.00 Å². The van der Waals surface area contributed by atoms with Crippen LogP contribution in [0.1, 0.15) is 121 Å². The zero-order valence-corrected chi connectivity index (χ0v) is 36.2. The number of thiophene rings is 1. The fraction of sp³-hybridized carbons (Fsp3) is 0.455. The Hall–Kier alpha value is -5.41. The van der Waals surface area contributed by atoms with Gasteiger partial charge in [-0.3, -0.25) is 43.2 Å². The van der Waals surface area contributed by atoms with E-state index in [1.807, 2.05) is 43.3 Å². The molecule has 0 saturated carbocycles. The van der Waals surface area contributed by atoms with Crippen molar-refractivity contribution in [3.63, 3.8) is 0 Å². The van der Waals surface area contributed by atoms with Crippen LogP contribution in [-0.2, 0) is 32.6 Å². The van der Waals surface area contributed by atoms with Crippen LogP contribution in [0.15, 0.2) is 52.3 Å². The highest BCUT2D eigenvalue weighted by molar-refractivity contribution is 7.15. The van der Waals surface area contributed by atoms with Crippen LogP contribution in [0.3, 0.4) is 0 Å². The van der Waals surface area contributed by atoms with Crippen LogP contribution in [0.25, 0.3) is 16.0 Å². The first-order valence-electron chi connectivity index (χ1n) is 20.8. The fourth-order valence-corrected chi connectivity index (χ4v) is 9.61. The Labute approximate surface area is 357 Å². The number of halogens is 1. The minimum absolute atomic E-state index is 0.0544. The van der Waals surface area contributed by atoms with E-state index in [2.05, 4.69) is 44.6 Å². The molecule has 0 spiro atoms. The number of carbonyl (C=O) groups is 4. The Balaban J connectivity index is 0.827. The van der Waals surface area contributed by atoms with Crippen molar-refractivity contribution in [2.45, 2.75) is 110 Å². The van der Waals surface area contributed by atoms with E-state index in [1.54, 1.807) is 24.5 Å².